The molecule has 4 unspecified atom stereocenters. The van der Waals surface area contributed by atoms with Crippen molar-refractivity contribution in [3.8, 4) is 0 Å². The lowest BCUT2D eigenvalue weighted by atomic mass is 9.66. The van der Waals surface area contributed by atoms with Crippen LogP contribution in [0.4, 0.5) is 0 Å². The maximum absolute atomic E-state index is 14.6. The standard InChI is InChI=1S/C53H79N7O10/c1-11-12-22-37(42(62)44(54)63)55-46(65)38(25-31(2)3)57-50(69)43(51(5,6)7)60-47(66)39(26-34-21-17-16-18-32(34)4)56-49(68)41(30-70-29-33-19-14-13-15-20-33)59-48(67)40(28-61)58-45(64)36-27-35-23-24-53(36,10)52(35,8)9/h13-21,31,35-41,43,61H,11-12,22-30H2,1-10H3,(H2,54,63)(H,55,65)(H,56,68)(H,57,69)(H,58,64)(H,59,67)(H,60,66)/t35?,36?,37?,38-,39-,40-,41+,43+,53?/m0/s1. The number of carbonyl (C=O) groups is 8. The molecule has 2 fully saturated rings. The minimum Gasteiger partial charge on any atom is -0.394 e. The topological polar surface area (TPSA) is 264 Å². The van der Waals surface area contributed by atoms with Crippen LogP contribution >= 0.6 is 0 Å². The summed E-state index contributed by atoms with van der Waals surface area (Å²) in [5.41, 5.74) is 6.29. The quantitative estimate of drug-likeness (QED) is 0.0637. The maximum Gasteiger partial charge on any atom is 0.287 e. The predicted octanol–water partition coefficient (Wildman–Crippen LogP) is 3.45. The smallest absolute Gasteiger partial charge is 0.287 e. The summed E-state index contributed by atoms with van der Waals surface area (Å²) in [6.07, 6.45) is 4.06. The molecule has 0 saturated heterocycles. The number of primary amides is 1. The Hall–Kier alpha value is -5.68. The van der Waals surface area contributed by atoms with Gasteiger partial charge < -0.3 is 47.5 Å². The van der Waals surface area contributed by atoms with Gasteiger partial charge in [-0.25, -0.2) is 0 Å². The summed E-state index contributed by atoms with van der Waals surface area (Å²) in [4.78, 5) is 110. The van der Waals surface area contributed by atoms with E-state index in [1.807, 2.05) is 70.2 Å². The van der Waals surface area contributed by atoms with Crippen molar-refractivity contribution >= 4 is 47.1 Å². The van der Waals surface area contributed by atoms with Crippen LogP contribution in [0.2, 0.25) is 0 Å². The Morgan fingerprint density at radius 2 is 1.33 bits per heavy atom. The van der Waals surface area contributed by atoms with Crippen molar-refractivity contribution < 1.29 is 48.2 Å². The van der Waals surface area contributed by atoms with Gasteiger partial charge in [-0.05, 0) is 83.8 Å². The zero-order valence-corrected chi connectivity index (χ0v) is 42.9. The first-order valence-electron chi connectivity index (χ1n) is 24.8. The third-order valence-electron chi connectivity index (χ3n) is 14.8. The third-order valence-corrected chi connectivity index (χ3v) is 14.8. The van der Waals surface area contributed by atoms with E-state index < -0.39 is 89.5 Å². The molecule has 386 valence electrons. The number of aliphatic hydroxyl groups excluding tert-OH is 1. The molecule has 2 aliphatic carbocycles. The van der Waals surface area contributed by atoms with Crippen molar-refractivity contribution in [2.75, 3.05) is 13.2 Å². The molecule has 70 heavy (non-hydrogen) atoms. The van der Waals surface area contributed by atoms with Crippen LogP contribution in [0.5, 0.6) is 0 Å². The summed E-state index contributed by atoms with van der Waals surface area (Å²) in [5, 5.41) is 26.9. The second-order valence-electron chi connectivity index (χ2n) is 21.6. The number of nitrogens with two attached hydrogens (primary N) is 1. The van der Waals surface area contributed by atoms with E-state index in [1.54, 1.807) is 32.9 Å². The number of hydrogen-bond donors (Lipinski definition) is 8. The van der Waals surface area contributed by atoms with Gasteiger partial charge in [0.25, 0.3) is 5.91 Å². The highest BCUT2D eigenvalue weighted by atomic mass is 16.5. The molecule has 0 radical (unpaired) electrons. The molecular formula is C53H79N7O10. The van der Waals surface area contributed by atoms with E-state index in [1.165, 1.54) is 0 Å². The molecule has 17 nitrogen and oxygen atoms in total. The molecule has 0 spiro atoms. The molecule has 2 aromatic carbocycles. The van der Waals surface area contributed by atoms with Crippen molar-refractivity contribution in [2.45, 2.75) is 163 Å². The Morgan fingerprint density at radius 3 is 1.89 bits per heavy atom. The highest BCUT2D eigenvalue weighted by molar-refractivity contribution is 6.37. The van der Waals surface area contributed by atoms with E-state index in [-0.39, 0.29) is 61.0 Å². The van der Waals surface area contributed by atoms with E-state index >= 15 is 0 Å². The summed E-state index contributed by atoms with van der Waals surface area (Å²) in [5.74, 6) is -6.40. The average molecular weight is 974 g/mol. The lowest BCUT2D eigenvalue weighted by Crippen LogP contribution is -2.63. The van der Waals surface area contributed by atoms with Gasteiger partial charge in [-0.1, -0.05) is 130 Å². The Balaban J connectivity index is 1.61. The van der Waals surface area contributed by atoms with E-state index in [0.717, 1.165) is 24.0 Å². The second-order valence-corrected chi connectivity index (χ2v) is 21.6. The van der Waals surface area contributed by atoms with Gasteiger partial charge in [0.05, 0.1) is 25.9 Å². The van der Waals surface area contributed by atoms with Crippen molar-refractivity contribution in [3.05, 3.63) is 71.3 Å². The SMILES string of the molecule is CCCCC(NC(=O)[C@H](CC(C)C)NC(=O)[C@@H](NC(=O)[C@H](Cc1ccccc1C)NC(=O)[C@@H](COCc1ccccc1)NC(=O)[C@H](CO)NC(=O)C1CC2CCC1(C)C2(C)C)C(C)(C)C)C(=O)C(N)=O. The zero-order valence-electron chi connectivity index (χ0n) is 42.9. The number of aliphatic hydroxyl groups is 1. The highest BCUT2D eigenvalue weighted by Gasteiger charge is 2.63. The normalized spacial score (nSPS) is 20.7. The number of Topliss-reactive ketones (excluding diaryl/α,β-unsaturated/α-hetero) is 1. The third kappa shape index (κ3) is 14.7. The first kappa shape index (κ1) is 56.9. The van der Waals surface area contributed by atoms with E-state index in [0.29, 0.717) is 30.7 Å². The number of ether oxygens (including phenoxy) is 1. The Kier molecular flexibility index (Phi) is 20.3. The summed E-state index contributed by atoms with van der Waals surface area (Å²) >= 11 is 0. The number of nitrogens with one attached hydrogen (secondary N) is 6. The van der Waals surface area contributed by atoms with Crippen molar-refractivity contribution in [3.63, 3.8) is 0 Å². The lowest BCUT2D eigenvalue weighted by molar-refractivity contribution is -0.139. The lowest BCUT2D eigenvalue weighted by Gasteiger charge is -2.38. The monoisotopic (exact) mass is 974 g/mol. The van der Waals surface area contributed by atoms with Crippen LogP contribution in [0.15, 0.2) is 54.6 Å². The van der Waals surface area contributed by atoms with Gasteiger partial charge in [-0.3, -0.25) is 38.4 Å². The number of ketones is 1. The largest absolute Gasteiger partial charge is 0.394 e. The minimum absolute atomic E-state index is 0.0352. The van der Waals surface area contributed by atoms with Crippen LogP contribution in [-0.2, 0) is 56.1 Å². The van der Waals surface area contributed by atoms with E-state index in [4.69, 9.17) is 10.5 Å². The zero-order chi connectivity index (χ0) is 52.1. The summed E-state index contributed by atoms with van der Waals surface area (Å²) in [7, 11) is 0. The van der Waals surface area contributed by atoms with E-state index in [9.17, 15) is 43.5 Å². The maximum atomic E-state index is 14.6. The molecular weight excluding hydrogens is 895 g/mol. The van der Waals surface area contributed by atoms with Crippen molar-refractivity contribution in [1.29, 1.82) is 0 Å². The van der Waals surface area contributed by atoms with Gasteiger partial charge in [0, 0.05) is 12.3 Å². The highest BCUT2D eigenvalue weighted by Crippen LogP contribution is 2.68. The molecule has 4 rings (SSSR count). The molecule has 2 aromatic rings. The molecule has 9 atom stereocenters. The molecule has 2 saturated carbocycles. The van der Waals surface area contributed by atoms with Gasteiger partial charge in [0.2, 0.25) is 41.2 Å². The Bertz CT molecular complexity index is 2180. The van der Waals surface area contributed by atoms with Crippen LogP contribution < -0.4 is 37.6 Å². The molecule has 17 heteroatoms. The van der Waals surface area contributed by atoms with Crippen LogP contribution in [-0.4, -0.2) is 102 Å². The fourth-order valence-electron chi connectivity index (χ4n) is 9.93. The number of aryl methyl sites for hydroxylation is 1. The molecule has 7 amide bonds. The molecule has 2 bridgehead atoms. The minimum atomic E-state index is -1.42. The van der Waals surface area contributed by atoms with Gasteiger partial charge >= 0.3 is 0 Å². The number of benzene rings is 2. The first-order chi connectivity index (χ1) is 32.8. The molecule has 9 N–H and O–H groups in total. The van der Waals surface area contributed by atoms with Gasteiger partial charge in [0.1, 0.15) is 30.2 Å². The predicted molar refractivity (Wildman–Crippen MR) is 265 cm³/mol. The van der Waals surface area contributed by atoms with Crippen LogP contribution in [0.25, 0.3) is 0 Å². The van der Waals surface area contributed by atoms with Gasteiger partial charge in [-0.15, -0.1) is 0 Å². The fraction of sp³-hybridized carbons (Fsp3) is 0.623. The molecule has 0 heterocycles. The molecule has 0 aliphatic heterocycles. The van der Waals surface area contributed by atoms with Crippen molar-refractivity contribution in [1.82, 2.24) is 31.9 Å². The van der Waals surface area contributed by atoms with Crippen LogP contribution in [0.1, 0.15) is 124 Å². The van der Waals surface area contributed by atoms with Crippen LogP contribution in [0, 0.1) is 40.9 Å². The molecule has 0 aromatic heterocycles. The second kappa shape index (κ2) is 24.9. The number of rotatable bonds is 26. The molecule has 2 aliphatic rings. The number of carbonyl (C=O) groups excluding carboxylic acids is 8. The van der Waals surface area contributed by atoms with Crippen molar-refractivity contribution in [2.24, 2.45) is 39.7 Å². The van der Waals surface area contributed by atoms with E-state index in [2.05, 4.69) is 52.7 Å². The number of unbranched alkanes of at least 4 members (excludes halogenated alkanes) is 1. The Labute approximate surface area is 413 Å². The number of amides is 7. The van der Waals surface area contributed by atoms with Crippen LogP contribution in [0.3, 0.4) is 0 Å². The average Bonchev–Trinajstić information content (AvgIpc) is 3.64. The van der Waals surface area contributed by atoms with Gasteiger partial charge in [0.15, 0.2) is 0 Å². The summed E-state index contributed by atoms with van der Waals surface area (Å²) in [6, 6.07) is 8.66. The first-order valence-corrected chi connectivity index (χ1v) is 24.8. The van der Waals surface area contributed by atoms with Gasteiger partial charge in [-0.2, -0.15) is 0 Å². The number of fused-ring (bicyclic) bond motifs is 2. The Morgan fingerprint density at radius 1 is 0.757 bits per heavy atom. The fourth-order valence-corrected chi connectivity index (χ4v) is 9.93. The summed E-state index contributed by atoms with van der Waals surface area (Å²) in [6.45, 7) is 18.0. The number of hydrogen-bond acceptors (Lipinski definition) is 10. The summed E-state index contributed by atoms with van der Waals surface area (Å²) < 4.78 is 5.97.